The minimum absolute atomic E-state index is 0.551. The molecule has 0 aliphatic carbocycles. The summed E-state index contributed by atoms with van der Waals surface area (Å²) in [4.78, 5) is 16.3. The zero-order valence-electron chi connectivity index (χ0n) is 37.1. The molecule has 6 heteroatoms. The van der Waals surface area contributed by atoms with Crippen molar-refractivity contribution >= 4 is 97.7 Å². The number of hydrogen-bond acceptors (Lipinski definition) is 3. The predicted molar refractivity (Wildman–Crippen MR) is 286 cm³/mol. The maximum absolute atomic E-state index is 5.54. The van der Waals surface area contributed by atoms with E-state index in [0.29, 0.717) is 17.6 Å². The Hall–Kier alpha value is -9.39. The summed E-state index contributed by atoms with van der Waals surface area (Å²) in [5.41, 5.74) is 10.5. The molecule has 0 N–H and O–H groups in total. The van der Waals surface area contributed by atoms with Gasteiger partial charge in [-0.1, -0.05) is 176 Å². The molecular weight excluding hydrogens is 841 g/mol. The fourth-order valence-electron chi connectivity index (χ4n) is 11.4. The normalized spacial score (nSPS) is 12.1. The van der Waals surface area contributed by atoms with E-state index in [1.165, 1.54) is 48.5 Å². The second-order valence-electron chi connectivity index (χ2n) is 17.9. The minimum Gasteiger partial charge on any atom is -0.309 e. The highest BCUT2D eigenvalue weighted by molar-refractivity contribution is 6.28. The third kappa shape index (κ3) is 5.45. The molecule has 69 heavy (non-hydrogen) atoms. The SMILES string of the molecule is c1ccc(-c2nc(-c3cccc4c5ccccc5n(-c5ccccc5)c34)nc(-n3c4ccccc4c4c3ccc3c5ccccc5n(-c5ccc6c7ccccc7c7ccccc7c6c5)c34)n2)cc1. The smallest absolute Gasteiger partial charge is 0.238 e. The van der Waals surface area contributed by atoms with Crippen LogP contribution in [0.1, 0.15) is 0 Å². The van der Waals surface area contributed by atoms with Crippen molar-refractivity contribution in [3.63, 3.8) is 0 Å². The van der Waals surface area contributed by atoms with Crippen LogP contribution in [0.15, 0.2) is 231 Å². The number of fused-ring (bicyclic) bond motifs is 16. The lowest BCUT2D eigenvalue weighted by molar-refractivity contribution is 0.953. The summed E-state index contributed by atoms with van der Waals surface area (Å²) in [6, 6.07) is 82.6. The first kappa shape index (κ1) is 37.8. The molecule has 0 fully saturated rings. The molecule has 4 heterocycles. The Morgan fingerprint density at radius 3 is 1.41 bits per heavy atom. The van der Waals surface area contributed by atoms with Gasteiger partial charge in [-0.15, -0.1) is 0 Å². The summed E-state index contributed by atoms with van der Waals surface area (Å²) >= 11 is 0. The molecule has 0 aliphatic rings. The van der Waals surface area contributed by atoms with E-state index >= 15 is 0 Å². The van der Waals surface area contributed by atoms with Crippen LogP contribution in [0.25, 0.3) is 138 Å². The average molecular weight is 879 g/mol. The molecule has 4 aromatic heterocycles. The van der Waals surface area contributed by atoms with Crippen LogP contribution in [0.2, 0.25) is 0 Å². The van der Waals surface area contributed by atoms with Gasteiger partial charge in [-0.05, 0) is 86.9 Å². The molecule has 0 amide bonds. The van der Waals surface area contributed by atoms with Gasteiger partial charge in [0.25, 0.3) is 0 Å². The topological polar surface area (TPSA) is 53.5 Å². The second kappa shape index (κ2) is 14.6. The number of hydrogen-bond donors (Lipinski definition) is 0. The lowest BCUT2D eigenvalue weighted by Crippen LogP contribution is -2.07. The summed E-state index contributed by atoms with van der Waals surface area (Å²) in [6.45, 7) is 0. The third-order valence-corrected chi connectivity index (χ3v) is 14.3. The fourth-order valence-corrected chi connectivity index (χ4v) is 11.4. The van der Waals surface area contributed by atoms with Crippen molar-refractivity contribution in [2.45, 2.75) is 0 Å². The Balaban J connectivity index is 1.04. The monoisotopic (exact) mass is 878 g/mol. The van der Waals surface area contributed by atoms with Gasteiger partial charge in [0.05, 0.1) is 33.1 Å². The summed E-state index contributed by atoms with van der Waals surface area (Å²) in [6.07, 6.45) is 0. The molecule has 0 saturated carbocycles. The van der Waals surface area contributed by atoms with Gasteiger partial charge < -0.3 is 9.13 Å². The second-order valence-corrected chi connectivity index (χ2v) is 17.9. The van der Waals surface area contributed by atoms with Crippen molar-refractivity contribution in [3.8, 4) is 40.1 Å². The summed E-state index contributed by atoms with van der Waals surface area (Å²) in [5.74, 6) is 1.75. The van der Waals surface area contributed by atoms with Crippen molar-refractivity contribution < 1.29 is 0 Å². The molecule has 0 aliphatic heterocycles. The van der Waals surface area contributed by atoms with E-state index in [0.717, 1.165) is 71.8 Å². The van der Waals surface area contributed by atoms with E-state index in [-0.39, 0.29) is 0 Å². The van der Waals surface area contributed by atoms with Crippen LogP contribution in [0.3, 0.4) is 0 Å². The average Bonchev–Trinajstić information content (AvgIpc) is 4.07. The van der Waals surface area contributed by atoms with Crippen molar-refractivity contribution in [1.29, 1.82) is 0 Å². The van der Waals surface area contributed by atoms with Gasteiger partial charge in [-0.2, -0.15) is 9.97 Å². The largest absolute Gasteiger partial charge is 0.309 e. The Morgan fingerprint density at radius 1 is 0.261 bits per heavy atom. The van der Waals surface area contributed by atoms with Crippen LogP contribution in [-0.4, -0.2) is 28.7 Å². The first-order chi connectivity index (χ1) is 34.3. The predicted octanol–water partition coefficient (Wildman–Crippen LogP) is 16.0. The fraction of sp³-hybridized carbons (Fsp3) is 0. The van der Waals surface area contributed by atoms with Crippen LogP contribution in [0.4, 0.5) is 0 Å². The zero-order valence-corrected chi connectivity index (χ0v) is 37.1. The molecule has 11 aromatic carbocycles. The van der Waals surface area contributed by atoms with E-state index < -0.39 is 0 Å². The number of aromatic nitrogens is 6. The Morgan fingerprint density at radius 2 is 0.739 bits per heavy atom. The highest BCUT2D eigenvalue weighted by Gasteiger charge is 2.25. The van der Waals surface area contributed by atoms with Gasteiger partial charge >= 0.3 is 0 Å². The zero-order chi connectivity index (χ0) is 45.2. The molecule has 0 radical (unpaired) electrons. The maximum atomic E-state index is 5.54. The minimum atomic E-state index is 0.551. The molecule has 0 unspecified atom stereocenters. The molecule has 6 nitrogen and oxygen atoms in total. The van der Waals surface area contributed by atoms with Crippen molar-refractivity contribution in [2.24, 2.45) is 0 Å². The first-order valence-corrected chi connectivity index (χ1v) is 23.5. The summed E-state index contributed by atoms with van der Waals surface area (Å²) < 4.78 is 7.07. The maximum Gasteiger partial charge on any atom is 0.238 e. The molecule has 320 valence electrons. The number of benzene rings is 11. The summed E-state index contributed by atoms with van der Waals surface area (Å²) in [5, 5.41) is 14.5. The van der Waals surface area contributed by atoms with E-state index in [1.54, 1.807) is 0 Å². The van der Waals surface area contributed by atoms with E-state index in [9.17, 15) is 0 Å². The van der Waals surface area contributed by atoms with E-state index in [1.807, 2.05) is 18.2 Å². The van der Waals surface area contributed by atoms with E-state index in [2.05, 4.69) is 226 Å². The van der Waals surface area contributed by atoms with Gasteiger partial charge in [0, 0.05) is 54.8 Å². The molecule has 0 saturated heterocycles. The number of rotatable bonds is 5. The lowest BCUT2D eigenvalue weighted by atomic mass is 9.94. The Bertz CT molecular complexity index is 4560. The molecule has 0 atom stereocenters. The third-order valence-electron chi connectivity index (χ3n) is 14.3. The Labute approximate surface area is 395 Å². The highest BCUT2D eigenvalue weighted by Crippen LogP contribution is 2.44. The standard InChI is InChI=1S/C63H38N6/c1-3-18-39(19-4-1)61-64-62(52-30-17-29-49-47-26-11-14-31-54(47)67(59(49)52)40-20-5-2-6-21-40)66-63(65-61)69-56-33-16-13-28-51(56)58-57(69)37-36-50-48-27-12-15-32-55(48)68(60(50)58)41-34-35-46-44-24-8-7-22-42(44)43-23-9-10-25-45(43)53(46)38-41/h1-38H. The molecule has 15 aromatic rings. The van der Waals surface area contributed by atoms with Crippen molar-refractivity contribution in [2.75, 3.05) is 0 Å². The molecule has 0 bridgehead atoms. The van der Waals surface area contributed by atoms with Crippen LogP contribution in [0.5, 0.6) is 0 Å². The van der Waals surface area contributed by atoms with Gasteiger partial charge in [0.2, 0.25) is 5.95 Å². The number of nitrogens with zero attached hydrogens (tertiary/aromatic N) is 6. The first-order valence-electron chi connectivity index (χ1n) is 23.5. The van der Waals surface area contributed by atoms with Gasteiger partial charge in [0.15, 0.2) is 11.6 Å². The van der Waals surface area contributed by atoms with Crippen molar-refractivity contribution in [3.05, 3.63) is 231 Å². The van der Waals surface area contributed by atoms with E-state index in [4.69, 9.17) is 15.0 Å². The molecule has 15 rings (SSSR count). The Kier molecular flexibility index (Phi) is 7.97. The van der Waals surface area contributed by atoms with Gasteiger partial charge in [-0.3, -0.25) is 4.57 Å². The van der Waals surface area contributed by atoms with Crippen LogP contribution < -0.4 is 0 Å². The highest BCUT2D eigenvalue weighted by atomic mass is 15.2. The van der Waals surface area contributed by atoms with Crippen LogP contribution in [0, 0.1) is 0 Å². The number of para-hydroxylation sites is 5. The quantitative estimate of drug-likeness (QED) is 0.162. The van der Waals surface area contributed by atoms with Gasteiger partial charge in [-0.25, -0.2) is 4.98 Å². The molecular formula is C63H38N6. The van der Waals surface area contributed by atoms with Crippen molar-refractivity contribution in [1.82, 2.24) is 28.7 Å². The summed E-state index contributed by atoms with van der Waals surface area (Å²) in [7, 11) is 0. The van der Waals surface area contributed by atoms with Crippen LogP contribution in [-0.2, 0) is 0 Å². The van der Waals surface area contributed by atoms with Gasteiger partial charge in [0.1, 0.15) is 0 Å². The van der Waals surface area contributed by atoms with Crippen LogP contribution >= 0.6 is 0 Å². The lowest BCUT2D eigenvalue weighted by Gasteiger charge is -2.14. The molecule has 0 spiro atoms.